The van der Waals surface area contributed by atoms with Crippen molar-refractivity contribution < 1.29 is 0 Å². The van der Waals surface area contributed by atoms with Crippen LogP contribution in [0.25, 0.3) is 0 Å². The molecule has 0 bridgehead atoms. The van der Waals surface area contributed by atoms with Gasteiger partial charge in [-0.05, 0) is 36.6 Å². The van der Waals surface area contributed by atoms with Gasteiger partial charge in [0.05, 0.1) is 0 Å². The highest BCUT2D eigenvalue weighted by Crippen LogP contribution is 2.25. The van der Waals surface area contributed by atoms with Crippen LogP contribution < -0.4 is 5.32 Å². The van der Waals surface area contributed by atoms with Crippen molar-refractivity contribution in [1.82, 2.24) is 4.90 Å². The van der Waals surface area contributed by atoms with E-state index >= 15 is 0 Å². The van der Waals surface area contributed by atoms with Gasteiger partial charge in [-0.15, -0.1) is 0 Å². The fourth-order valence-electron chi connectivity index (χ4n) is 2.92. The number of anilines is 1. The van der Waals surface area contributed by atoms with E-state index in [4.69, 9.17) is 11.6 Å². The third-order valence-corrected chi connectivity index (χ3v) is 4.56. The minimum absolute atomic E-state index is 0.505. The lowest BCUT2D eigenvalue weighted by molar-refractivity contribution is 0.328. The minimum atomic E-state index is 0.505. The zero-order valence-corrected chi connectivity index (χ0v) is 13.1. The van der Waals surface area contributed by atoms with Crippen LogP contribution in [0.5, 0.6) is 0 Å². The number of benzene rings is 2. The van der Waals surface area contributed by atoms with Gasteiger partial charge in [-0.1, -0.05) is 48.0 Å². The monoisotopic (exact) mass is 300 g/mol. The molecule has 1 fully saturated rings. The van der Waals surface area contributed by atoms with Gasteiger partial charge in [0.1, 0.15) is 0 Å². The quantitative estimate of drug-likeness (QED) is 0.904. The van der Waals surface area contributed by atoms with Crippen LogP contribution in [0, 0.1) is 6.92 Å². The van der Waals surface area contributed by atoms with Crippen LogP contribution in [0.2, 0.25) is 5.02 Å². The summed E-state index contributed by atoms with van der Waals surface area (Å²) in [6, 6.07) is 17.2. The summed E-state index contributed by atoms with van der Waals surface area (Å²) >= 11 is 6.18. The van der Waals surface area contributed by atoms with Crippen LogP contribution >= 0.6 is 11.6 Å². The first-order valence-electron chi connectivity index (χ1n) is 7.50. The predicted molar refractivity (Wildman–Crippen MR) is 89.9 cm³/mol. The Morgan fingerprint density at radius 2 is 1.95 bits per heavy atom. The lowest BCUT2D eigenvalue weighted by Gasteiger charge is -2.18. The molecule has 1 aliphatic heterocycles. The molecule has 21 heavy (non-hydrogen) atoms. The maximum Gasteiger partial charge on any atom is 0.0455 e. The maximum atomic E-state index is 6.18. The lowest BCUT2D eigenvalue weighted by atomic mass is 10.1. The molecule has 0 amide bonds. The smallest absolute Gasteiger partial charge is 0.0455 e. The largest absolute Gasteiger partial charge is 0.381 e. The predicted octanol–water partition coefficient (Wildman–Crippen LogP) is 4.33. The number of likely N-dealkylation sites (tertiary alicyclic amines) is 1. The number of halogens is 1. The summed E-state index contributed by atoms with van der Waals surface area (Å²) < 4.78 is 0. The van der Waals surface area contributed by atoms with Gasteiger partial charge in [-0.3, -0.25) is 4.90 Å². The van der Waals surface area contributed by atoms with Crippen LogP contribution in [0.15, 0.2) is 48.5 Å². The molecule has 0 spiro atoms. The SMILES string of the molecule is Cc1c(Cl)cccc1NC1CCN(Cc2ccccc2)C1. The second kappa shape index (κ2) is 6.50. The van der Waals surface area contributed by atoms with E-state index in [-0.39, 0.29) is 0 Å². The van der Waals surface area contributed by atoms with E-state index in [1.54, 1.807) is 0 Å². The van der Waals surface area contributed by atoms with Gasteiger partial charge in [0.25, 0.3) is 0 Å². The van der Waals surface area contributed by atoms with Crippen molar-refractivity contribution in [3.63, 3.8) is 0 Å². The summed E-state index contributed by atoms with van der Waals surface area (Å²) in [6.45, 7) is 5.34. The first-order chi connectivity index (χ1) is 10.2. The van der Waals surface area contributed by atoms with Crippen LogP contribution in [0.1, 0.15) is 17.5 Å². The van der Waals surface area contributed by atoms with Crippen LogP contribution in [-0.4, -0.2) is 24.0 Å². The first-order valence-corrected chi connectivity index (χ1v) is 7.88. The first kappa shape index (κ1) is 14.4. The molecular formula is C18H21ClN2. The molecule has 110 valence electrons. The zero-order valence-electron chi connectivity index (χ0n) is 12.3. The Morgan fingerprint density at radius 1 is 1.14 bits per heavy atom. The molecule has 2 aromatic carbocycles. The van der Waals surface area contributed by atoms with E-state index in [0.717, 1.165) is 35.9 Å². The molecule has 0 aliphatic carbocycles. The van der Waals surface area contributed by atoms with Crippen molar-refractivity contribution in [3.05, 3.63) is 64.7 Å². The summed E-state index contributed by atoms with van der Waals surface area (Å²) in [6.07, 6.45) is 1.18. The molecule has 1 atom stereocenters. The average molecular weight is 301 g/mol. The van der Waals surface area contributed by atoms with Gasteiger partial charge in [-0.25, -0.2) is 0 Å². The molecule has 2 aromatic rings. The van der Waals surface area contributed by atoms with Crippen molar-refractivity contribution in [2.24, 2.45) is 0 Å². The maximum absolute atomic E-state index is 6.18. The van der Waals surface area contributed by atoms with E-state index in [1.807, 2.05) is 12.1 Å². The molecule has 1 unspecified atom stereocenters. The zero-order chi connectivity index (χ0) is 14.7. The van der Waals surface area contributed by atoms with Crippen LogP contribution in [0.4, 0.5) is 5.69 Å². The standard InChI is InChI=1S/C18H21ClN2/c1-14-17(19)8-5-9-18(14)20-16-10-11-21(13-16)12-15-6-3-2-4-7-15/h2-9,16,20H,10-13H2,1H3. The Balaban J connectivity index is 1.59. The van der Waals surface area contributed by atoms with Gasteiger partial charge in [0, 0.05) is 36.4 Å². The van der Waals surface area contributed by atoms with E-state index in [1.165, 1.54) is 12.0 Å². The summed E-state index contributed by atoms with van der Waals surface area (Å²) in [7, 11) is 0. The molecule has 1 aliphatic rings. The van der Waals surface area contributed by atoms with Gasteiger partial charge < -0.3 is 5.32 Å². The highest BCUT2D eigenvalue weighted by Gasteiger charge is 2.22. The third kappa shape index (κ3) is 3.58. The van der Waals surface area contributed by atoms with Crippen LogP contribution in [0.3, 0.4) is 0 Å². The topological polar surface area (TPSA) is 15.3 Å². The second-order valence-corrected chi connectivity index (χ2v) is 6.17. The Bertz CT molecular complexity index is 597. The summed E-state index contributed by atoms with van der Waals surface area (Å²) in [4.78, 5) is 2.51. The highest BCUT2D eigenvalue weighted by molar-refractivity contribution is 6.31. The molecule has 3 rings (SSSR count). The summed E-state index contributed by atoms with van der Waals surface area (Å²) in [5, 5.41) is 4.47. The van der Waals surface area contributed by atoms with Crippen LogP contribution in [-0.2, 0) is 6.54 Å². The highest BCUT2D eigenvalue weighted by atomic mass is 35.5. The third-order valence-electron chi connectivity index (χ3n) is 4.15. The van der Waals surface area contributed by atoms with Crippen molar-refractivity contribution in [2.45, 2.75) is 25.9 Å². The molecule has 0 radical (unpaired) electrons. The van der Waals surface area contributed by atoms with Gasteiger partial charge >= 0.3 is 0 Å². The van der Waals surface area contributed by atoms with Crippen molar-refractivity contribution in [3.8, 4) is 0 Å². The molecule has 2 nitrogen and oxygen atoms in total. The Hall–Kier alpha value is -1.51. The summed E-state index contributed by atoms with van der Waals surface area (Å²) in [5.74, 6) is 0. The Morgan fingerprint density at radius 3 is 2.76 bits per heavy atom. The van der Waals surface area contributed by atoms with E-state index in [2.05, 4.69) is 53.5 Å². The Kier molecular flexibility index (Phi) is 4.47. The number of rotatable bonds is 4. The van der Waals surface area contributed by atoms with Gasteiger partial charge in [0.15, 0.2) is 0 Å². The minimum Gasteiger partial charge on any atom is -0.381 e. The lowest BCUT2D eigenvalue weighted by Crippen LogP contribution is -2.26. The fourth-order valence-corrected chi connectivity index (χ4v) is 3.09. The van der Waals surface area contributed by atoms with Crippen molar-refractivity contribution >= 4 is 17.3 Å². The van der Waals surface area contributed by atoms with Gasteiger partial charge in [-0.2, -0.15) is 0 Å². The molecule has 1 heterocycles. The number of nitrogens with zero attached hydrogens (tertiary/aromatic N) is 1. The molecule has 3 heteroatoms. The van der Waals surface area contributed by atoms with Crippen molar-refractivity contribution in [2.75, 3.05) is 18.4 Å². The summed E-state index contributed by atoms with van der Waals surface area (Å²) in [5.41, 5.74) is 3.69. The molecule has 0 saturated carbocycles. The van der Waals surface area contributed by atoms with Crippen molar-refractivity contribution in [1.29, 1.82) is 0 Å². The normalized spacial score (nSPS) is 18.9. The average Bonchev–Trinajstić information content (AvgIpc) is 2.92. The molecular weight excluding hydrogens is 280 g/mol. The van der Waals surface area contributed by atoms with E-state index in [9.17, 15) is 0 Å². The molecule has 1 saturated heterocycles. The second-order valence-electron chi connectivity index (χ2n) is 5.76. The Labute approximate surface area is 131 Å². The number of hydrogen-bond donors (Lipinski definition) is 1. The molecule has 1 N–H and O–H groups in total. The number of nitrogens with one attached hydrogen (secondary N) is 1. The molecule has 0 aromatic heterocycles. The number of hydrogen-bond acceptors (Lipinski definition) is 2. The van der Waals surface area contributed by atoms with Gasteiger partial charge in [0.2, 0.25) is 0 Å². The fraction of sp³-hybridized carbons (Fsp3) is 0.333. The van der Waals surface area contributed by atoms with E-state index in [0.29, 0.717) is 6.04 Å². The van der Waals surface area contributed by atoms with E-state index < -0.39 is 0 Å².